The summed E-state index contributed by atoms with van der Waals surface area (Å²) < 4.78 is 13.1. The first-order chi connectivity index (χ1) is 14.5. The number of halogens is 1. The van der Waals surface area contributed by atoms with Crippen LogP contribution in [-0.4, -0.2) is 29.8 Å². The van der Waals surface area contributed by atoms with Crippen molar-refractivity contribution < 1.29 is 14.0 Å². The number of benzene rings is 3. The Morgan fingerprint density at radius 3 is 2.37 bits per heavy atom. The maximum absolute atomic E-state index is 13.1. The highest BCUT2D eigenvalue weighted by Crippen LogP contribution is 2.24. The summed E-state index contributed by atoms with van der Waals surface area (Å²) in [7, 11) is 0. The Labute approximate surface area is 175 Å². The zero-order chi connectivity index (χ0) is 21.1. The summed E-state index contributed by atoms with van der Waals surface area (Å²) in [6.07, 6.45) is 1.27. The van der Waals surface area contributed by atoms with E-state index in [-0.39, 0.29) is 29.6 Å². The Morgan fingerprint density at radius 1 is 0.967 bits per heavy atom. The van der Waals surface area contributed by atoms with Crippen molar-refractivity contribution in [3.63, 3.8) is 0 Å². The molecule has 3 aromatic rings. The molecule has 0 aromatic heterocycles. The van der Waals surface area contributed by atoms with Crippen LogP contribution in [0, 0.1) is 11.7 Å². The number of fused-ring (bicyclic) bond motifs is 1. The molecule has 1 aliphatic rings. The van der Waals surface area contributed by atoms with Gasteiger partial charge in [0.2, 0.25) is 5.91 Å². The molecular weight excluding hydrogens is 379 g/mol. The van der Waals surface area contributed by atoms with E-state index in [1.165, 1.54) is 12.1 Å². The van der Waals surface area contributed by atoms with Gasteiger partial charge in [-0.2, -0.15) is 0 Å². The van der Waals surface area contributed by atoms with Crippen molar-refractivity contribution in [1.82, 2.24) is 10.2 Å². The molecule has 5 heteroatoms. The first kappa shape index (κ1) is 20.1. The standard InChI is InChI=1S/C25H25FN2O2/c1-17(18-9-11-21(26)12-10-18)27-24(29)20-13-15-28(16-14-20)25(30)23-8-4-6-19-5-2-3-7-22(19)23/h2-12,17,20H,13-16H2,1H3,(H,27,29)/t17-/m0/s1. The molecule has 1 saturated heterocycles. The van der Waals surface area contributed by atoms with E-state index in [1.54, 1.807) is 12.1 Å². The predicted octanol–water partition coefficient (Wildman–Crippen LogP) is 4.71. The number of hydrogen-bond donors (Lipinski definition) is 1. The molecule has 0 unspecified atom stereocenters. The van der Waals surface area contributed by atoms with E-state index in [2.05, 4.69) is 5.32 Å². The smallest absolute Gasteiger partial charge is 0.254 e. The van der Waals surface area contributed by atoms with E-state index in [0.717, 1.165) is 16.3 Å². The summed E-state index contributed by atoms with van der Waals surface area (Å²) >= 11 is 0. The number of carbonyl (C=O) groups excluding carboxylic acids is 2. The maximum atomic E-state index is 13.1. The lowest BCUT2D eigenvalue weighted by Gasteiger charge is -2.32. The van der Waals surface area contributed by atoms with Crippen LogP contribution in [0.1, 0.15) is 41.7 Å². The first-order valence-corrected chi connectivity index (χ1v) is 10.4. The van der Waals surface area contributed by atoms with Gasteiger partial charge in [0.15, 0.2) is 0 Å². The number of carbonyl (C=O) groups is 2. The molecule has 1 aliphatic heterocycles. The molecule has 0 radical (unpaired) electrons. The van der Waals surface area contributed by atoms with Gasteiger partial charge in [0.1, 0.15) is 5.82 Å². The van der Waals surface area contributed by atoms with Gasteiger partial charge < -0.3 is 10.2 Å². The van der Waals surface area contributed by atoms with Crippen LogP contribution in [0.2, 0.25) is 0 Å². The molecule has 30 heavy (non-hydrogen) atoms. The maximum Gasteiger partial charge on any atom is 0.254 e. The minimum atomic E-state index is -0.291. The number of amides is 2. The summed E-state index contributed by atoms with van der Waals surface area (Å²) in [6, 6.07) is 19.7. The summed E-state index contributed by atoms with van der Waals surface area (Å²) in [5.41, 5.74) is 1.58. The number of hydrogen-bond acceptors (Lipinski definition) is 2. The Morgan fingerprint density at radius 2 is 1.63 bits per heavy atom. The number of likely N-dealkylation sites (tertiary alicyclic amines) is 1. The van der Waals surface area contributed by atoms with Gasteiger partial charge in [-0.05, 0) is 54.3 Å². The topological polar surface area (TPSA) is 49.4 Å². The highest BCUT2D eigenvalue weighted by atomic mass is 19.1. The van der Waals surface area contributed by atoms with Crippen molar-refractivity contribution in [3.8, 4) is 0 Å². The van der Waals surface area contributed by atoms with Gasteiger partial charge in [-0.15, -0.1) is 0 Å². The third-order valence-corrected chi connectivity index (χ3v) is 5.90. The van der Waals surface area contributed by atoms with Crippen LogP contribution in [0.25, 0.3) is 10.8 Å². The summed E-state index contributed by atoms with van der Waals surface area (Å²) in [5.74, 6) is -0.403. The molecule has 0 spiro atoms. The van der Waals surface area contributed by atoms with Crippen molar-refractivity contribution in [2.75, 3.05) is 13.1 Å². The summed E-state index contributed by atoms with van der Waals surface area (Å²) in [4.78, 5) is 27.6. The Balaban J connectivity index is 1.36. The van der Waals surface area contributed by atoms with Gasteiger partial charge in [0.25, 0.3) is 5.91 Å². The average Bonchev–Trinajstić information content (AvgIpc) is 2.78. The first-order valence-electron chi connectivity index (χ1n) is 10.4. The lowest BCUT2D eigenvalue weighted by atomic mass is 9.94. The van der Waals surface area contributed by atoms with Gasteiger partial charge in [-0.25, -0.2) is 4.39 Å². The second-order valence-corrected chi connectivity index (χ2v) is 7.88. The molecule has 154 valence electrons. The lowest BCUT2D eigenvalue weighted by molar-refractivity contribution is -0.126. The van der Waals surface area contributed by atoms with E-state index in [1.807, 2.05) is 54.3 Å². The number of rotatable bonds is 4. The van der Waals surface area contributed by atoms with Crippen molar-refractivity contribution >= 4 is 22.6 Å². The Hall–Kier alpha value is -3.21. The fourth-order valence-electron chi connectivity index (χ4n) is 4.09. The van der Waals surface area contributed by atoms with E-state index in [9.17, 15) is 14.0 Å². The summed E-state index contributed by atoms with van der Waals surface area (Å²) in [6.45, 7) is 3.01. The fraction of sp³-hybridized carbons (Fsp3) is 0.280. The minimum Gasteiger partial charge on any atom is -0.349 e. The third kappa shape index (κ3) is 4.20. The Bertz CT molecular complexity index is 1050. The van der Waals surface area contributed by atoms with E-state index in [0.29, 0.717) is 31.5 Å². The fourth-order valence-corrected chi connectivity index (χ4v) is 4.09. The highest BCUT2D eigenvalue weighted by molar-refractivity contribution is 6.07. The van der Waals surface area contributed by atoms with Crippen LogP contribution in [0.3, 0.4) is 0 Å². The van der Waals surface area contributed by atoms with E-state index in [4.69, 9.17) is 0 Å². The van der Waals surface area contributed by atoms with E-state index >= 15 is 0 Å². The van der Waals surface area contributed by atoms with Crippen LogP contribution in [0.15, 0.2) is 66.7 Å². The molecule has 2 amide bonds. The van der Waals surface area contributed by atoms with Crippen molar-refractivity contribution in [2.24, 2.45) is 5.92 Å². The van der Waals surface area contributed by atoms with Crippen LogP contribution in [0.4, 0.5) is 4.39 Å². The van der Waals surface area contributed by atoms with Gasteiger partial charge in [-0.3, -0.25) is 9.59 Å². The van der Waals surface area contributed by atoms with Crippen LogP contribution in [-0.2, 0) is 4.79 Å². The number of nitrogens with one attached hydrogen (secondary N) is 1. The molecule has 1 N–H and O–H groups in total. The minimum absolute atomic E-state index is 0.0101. The second kappa shape index (κ2) is 8.66. The normalized spacial score (nSPS) is 15.7. The van der Waals surface area contributed by atoms with Crippen LogP contribution < -0.4 is 5.32 Å². The largest absolute Gasteiger partial charge is 0.349 e. The molecule has 0 aliphatic carbocycles. The van der Waals surface area contributed by atoms with E-state index < -0.39 is 0 Å². The molecular formula is C25H25FN2O2. The van der Waals surface area contributed by atoms with Gasteiger partial charge in [-0.1, -0.05) is 48.5 Å². The number of piperidine rings is 1. The SMILES string of the molecule is C[C@H](NC(=O)C1CCN(C(=O)c2cccc3ccccc23)CC1)c1ccc(F)cc1. The second-order valence-electron chi connectivity index (χ2n) is 7.88. The highest BCUT2D eigenvalue weighted by Gasteiger charge is 2.29. The molecule has 0 saturated carbocycles. The van der Waals surface area contributed by atoms with Crippen molar-refractivity contribution in [3.05, 3.63) is 83.7 Å². The van der Waals surface area contributed by atoms with Crippen molar-refractivity contribution in [2.45, 2.75) is 25.8 Å². The van der Waals surface area contributed by atoms with Crippen LogP contribution in [0.5, 0.6) is 0 Å². The van der Waals surface area contributed by atoms with Gasteiger partial charge in [0, 0.05) is 24.6 Å². The quantitative estimate of drug-likeness (QED) is 0.685. The molecule has 1 fully saturated rings. The number of nitrogens with zero attached hydrogens (tertiary/aromatic N) is 1. The van der Waals surface area contributed by atoms with Gasteiger partial charge >= 0.3 is 0 Å². The lowest BCUT2D eigenvalue weighted by Crippen LogP contribution is -2.43. The predicted molar refractivity (Wildman–Crippen MR) is 116 cm³/mol. The molecule has 4 rings (SSSR count). The molecule has 4 nitrogen and oxygen atoms in total. The zero-order valence-corrected chi connectivity index (χ0v) is 17.0. The van der Waals surface area contributed by atoms with Gasteiger partial charge in [0.05, 0.1) is 6.04 Å². The monoisotopic (exact) mass is 404 g/mol. The van der Waals surface area contributed by atoms with Crippen molar-refractivity contribution in [1.29, 1.82) is 0 Å². The summed E-state index contributed by atoms with van der Waals surface area (Å²) in [5, 5.41) is 5.03. The molecule has 3 aromatic carbocycles. The third-order valence-electron chi connectivity index (χ3n) is 5.90. The zero-order valence-electron chi connectivity index (χ0n) is 17.0. The molecule has 0 bridgehead atoms. The van der Waals surface area contributed by atoms with Crippen LogP contribution >= 0.6 is 0 Å². The molecule has 1 heterocycles. The molecule has 1 atom stereocenters. The average molecular weight is 404 g/mol. The Kier molecular flexibility index (Phi) is 5.79.